The molecule has 3 aromatic heterocycles. The number of rotatable bonds is 9. The quantitative estimate of drug-likeness (QED) is 0.286. The Balaban J connectivity index is 1.28. The van der Waals surface area contributed by atoms with Gasteiger partial charge in [-0.15, -0.1) is 11.3 Å². The predicted molar refractivity (Wildman–Crippen MR) is 146 cm³/mol. The van der Waals surface area contributed by atoms with Crippen LogP contribution in [0.2, 0.25) is 0 Å². The number of fused-ring (bicyclic) bond motifs is 1. The van der Waals surface area contributed by atoms with Crippen LogP contribution in [0.1, 0.15) is 60.7 Å². The number of aromatic nitrogens is 3. The number of nitrogens with one attached hydrogen (secondary N) is 3. The smallest absolute Gasteiger partial charge is 0.261 e. The standard InChI is InChI=1S/C27H31N7O3S/c1-2-19(14-33-7-3-4-8-33)30-27(37)22-10-18(15-38-22)21-12-23(29-20-5-6-20)34-25(31-21)17(13-28-34)9-16-11-24(35)32-26(16)36/h9-10,12-13,15,19-20,29H,2-8,11,14H2,1H3,(H,30,37)(H,32,35,36)/b16-9+. The lowest BCUT2D eigenvalue weighted by molar-refractivity contribution is -0.124. The molecule has 2 aliphatic heterocycles. The minimum absolute atomic E-state index is 0.0442. The molecule has 3 amide bonds. The van der Waals surface area contributed by atoms with Crippen LogP contribution in [0, 0.1) is 0 Å². The predicted octanol–water partition coefficient (Wildman–Crippen LogP) is 3.07. The van der Waals surface area contributed by atoms with E-state index in [1.807, 2.05) is 17.5 Å². The fourth-order valence-electron chi connectivity index (χ4n) is 4.98. The minimum Gasteiger partial charge on any atom is -0.367 e. The first-order valence-corrected chi connectivity index (χ1v) is 14.2. The second-order valence-corrected chi connectivity index (χ2v) is 11.2. The van der Waals surface area contributed by atoms with Gasteiger partial charge in [0.25, 0.3) is 11.8 Å². The second-order valence-electron chi connectivity index (χ2n) is 10.3. The number of carbonyl (C=O) groups is 3. The van der Waals surface area contributed by atoms with E-state index < -0.39 is 0 Å². The van der Waals surface area contributed by atoms with Gasteiger partial charge in [0, 0.05) is 46.8 Å². The first-order valence-electron chi connectivity index (χ1n) is 13.3. The van der Waals surface area contributed by atoms with Crippen LogP contribution in [-0.4, -0.2) is 68.9 Å². The maximum absolute atomic E-state index is 13.1. The Morgan fingerprint density at radius 1 is 1.26 bits per heavy atom. The van der Waals surface area contributed by atoms with Gasteiger partial charge in [0.15, 0.2) is 5.65 Å². The summed E-state index contributed by atoms with van der Waals surface area (Å²) in [5.74, 6) is 0.0528. The Morgan fingerprint density at radius 2 is 2.08 bits per heavy atom. The summed E-state index contributed by atoms with van der Waals surface area (Å²) >= 11 is 1.41. The largest absolute Gasteiger partial charge is 0.367 e. The highest BCUT2D eigenvalue weighted by atomic mass is 32.1. The Morgan fingerprint density at radius 3 is 2.79 bits per heavy atom. The lowest BCUT2D eigenvalue weighted by atomic mass is 10.1. The van der Waals surface area contributed by atoms with Gasteiger partial charge in [-0.25, -0.2) is 4.98 Å². The molecule has 2 saturated heterocycles. The summed E-state index contributed by atoms with van der Waals surface area (Å²) in [5, 5.41) is 15.5. The highest BCUT2D eigenvalue weighted by molar-refractivity contribution is 7.12. The van der Waals surface area contributed by atoms with Gasteiger partial charge < -0.3 is 15.5 Å². The molecule has 5 heterocycles. The van der Waals surface area contributed by atoms with E-state index in [9.17, 15) is 14.4 Å². The molecule has 0 radical (unpaired) electrons. The van der Waals surface area contributed by atoms with Crippen LogP contribution in [0.4, 0.5) is 5.82 Å². The summed E-state index contributed by atoms with van der Waals surface area (Å²) in [4.78, 5) is 44.8. The van der Waals surface area contributed by atoms with Gasteiger partial charge in [0.2, 0.25) is 5.91 Å². The van der Waals surface area contributed by atoms with Gasteiger partial charge in [0.1, 0.15) is 5.82 Å². The Hall–Kier alpha value is -3.57. The van der Waals surface area contributed by atoms with E-state index in [0.717, 1.165) is 50.3 Å². The fraction of sp³-hybridized carbons (Fsp3) is 0.444. The molecule has 11 heteroatoms. The van der Waals surface area contributed by atoms with Crippen LogP contribution in [0.3, 0.4) is 0 Å². The van der Waals surface area contributed by atoms with Gasteiger partial charge in [-0.2, -0.15) is 9.61 Å². The number of likely N-dealkylation sites (tertiary alicyclic amines) is 1. The average Bonchev–Trinajstić information content (AvgIpc) is 3.32. The molecule has 198 valence electrons. The summed E-state index contributed by atoms with van der Waals surface area (Å²) in [5.41, 5.74) is 3.20. The molecule has 1 aliphatic carbocycles. The Kier molecular flexibility index (Phi) is 6.71. The van der Waals surface area contributed by atoms with Crippen molar-refractivity contribution in [2.24, 2.45) is 0 Å². The third-order valence-corrected chi connectivity index (χ3v) is 8.21. The minimum atomic E-state index is -0.384. The van der Waals surface area contributed by atoms with Crippen molar-refractivity contribution in [1.82, 2.24) is 30.1 Å². The topological polar surface area (TPSA) is 121 Å². The van der Waals surface area contributed by atoms with Crippen molar-refractivity contribution in [1.29, 1.82) is 0 Å². The third-order valence-electron chi connectivity index (χ3n) is 7.28. The van der Waals surface area contributed by atoms with E-state index in [2.05, 4.69) is 32.9 Å². The van der Waals surface area contributed by atoms with Gasteiger partial charge in [0.05, 0.1) is 23.2 Å². The van der Waals surface area contributed by atoms with Crippen molar-refractivity contribution in [2.45, 2.75) is 57.5 Å². The summed E-state index contributed by atoms with van der Waals surface area (Å²) in [7, 11) is 0. The third kappa shape index (κ3) is 5.21. The molecular formula is C27H31N7O3S. The van der Waals surface area contributed by atoms with Crippen LogP contribution in [0.25, 0.3) is 23.0 Å². The SMILES string of the molecule is CCC(CN1CCCC1)NC(=O)c1cc(-c2cc(NC3CC3)n3ncc(/C=C4\CC(=O)NC4=O)c3n2)cs1. The number of nitrogens with zero attached hydrogens (tertiary/aromatic N) is 4. The zero-order valence-corrected chi connectivity index (χ0v) is 22.1. The normalized spacial score (nSPS) is 19.9. The lowest BCUT2D eigenvalue weighted by Crippen LogP contribution is -2.42. The van der Waals surface area contributed by atoms with E-state index >= 15 is 0 Å². The summed E-state index contributed by atoms with van der Waals surface area (Å²) < 4.78 is 1.73. The number of thiophene rings is 1. The first-order chi connectivity index (χ1) is 18.5. The second kappa shape index (κ2) is 10.3. The van der Waals surface area contributed by atoms with Gasteiger partial charge in [-0.1, -0.05) is 6.92 Å². The molecule has 38 heavy (non-hydrogen) atoms. The van der Waals surface area contributed by atoms with Crippen molar-refractivity contribution in [3.63, 3.8) is 0 Å². The molecule has 0 bridgehead atoms. The number of imide groups is 1. The number of anilines is 1. The molecule has 3 aromatic rings. The van der Waals surface area contributed by atoms with Crippen LogP contribution >= 0.6 is 11.3 Å². The van der Waals surface area contributed by atoms with E-state index in [0.29, 0.717) is 33.4 Å². The van der Waals surface area contributed by atoms with Crippen molar-refractivity contribution in [2.75, 3.05) is 25.0 Å². The zero-order valence-electron chi connectivity index (χ0n) is 21.3. The number of carbonyl (C=O) groups excluding carboxylic acids is 3. The average molecular weight is 534 g/mol. The number of amides is 3. The van der Waals surface area contributed by atoms with Crippen molar-refractivity contribution >= 4 is 46.6 Å². The summed E-state index contributed by atoms with van der Waals surface area (Å²) in [6.07, 6.45) is 8.92. The maximum atomic E-state index is 13.1. The molecule has 3 aliphatic rings. The first kappa shape index (κ1) is 24.7. The molecule has 10 nitrogen and oxygen atoms in total. The van der Waals surface area contributed by atoms with Crippen molar-refractivity contribution < 1.29 is 14.4 Å². The van der Waals surface area contributed by atoms with Gasteiger partial charge in [-0.3, -0.25) is 19.7 Å². The van der Waals surface area contributed by atoms with E-state index in [4.69, 9.17) is 4.98 Å². The highest BCUT2D eigenvalue weighted by Gasteiger charge is 2.26. The van der Waals surface area contributed by atoms with E-state index in [1.165, 1.54) is 24.2 Å². The maximum Gasteiger partial charge on any atom is 0.261 e. The van der Waals surface area contributed by atoms with Gasteiger partial charge in [-0.05, 0) is 57.3 Å². The van der Waals surface area contributed by atoms with Crippen LogP contribution in [0.15, 0.2) is 29.3 Å². The summed E-state index contributed by atoms with van der Waals surface area (Å²) in [6.45, 7) is 5.21. The lowest BCUT2D eigenvalue weighted by Gasteiger charge is -2.23. The Labute approximate surface area is 224 Å². The van der Waals surface area contributed by atoms with Crippen LogP contribution in [-0.2, 0) is 9.59 Å². The van der Waals surface area contributed by atoms with E-state index in [1.54, 1.807) is 16.8 Å². The van der Waals surface area contributed by atoms with Crippen molar-refractivity contribution in [3.05, 3.63) is 39.7 Å². The molecule has 3 N–H and O–H groups in total. The number of hydrogen-bond acceptors (Lipinski definition) is 8. The Bertz CT molecular complexity index is 1430. The van der Waals surface area contributed by atoms with Crippen molar-refractivity contribution in [3.8, 4) is 11.3 Å². The molecule has 1 atom stereocenters. The molecule has 1 saturated carbocycles. The van der Waals surface area contributed by atoms with Crippen LogP contribution < -0.4 is 16.0 Å². The van der Waals surface area contributed by atoms with Gasteiger partial charge >= 0.3 is 0 Å². The molecule has 0 aromatic carbocycles. The number of hydrogen-bond donors (Lipinski definition) is 3. The molecule has 6 rings (SSSR count). The monoisotopic (exact) mass is 533 g/mol. The zero-order chi connectivity index (χ0) is 26.2. The summed E-state index contributed by atoms with van der Waals surface area (Å²) in [6, 6.07) is 4.35. The molecule has 1 unspecified atom stereocenters. The molecular weight excluding hydrogens is 502 g/mol. The van der Waals surface area contributed by atoms with Crippen LogP contribution in [0.5, 0.6) is 0 Å². The molecule has 0 spiro atoms. The van der Waals surface area contributed by atoms with E-state index in [-0.39, 0.29) is 30.2 Å². The highest BCUT2D eigenvalue weighted by Crippen LogP contribution is 2.31. The fourth-order valence-corrected chi connectivity index (χ4v) is 5.78. The molecule has 3 fully saturated rings.